The minimum Gasteiger partial charge on any atom is -0.364 e. The second-order valence-electron chi connectivity index (χ2n) is 3.14. The molecule has 6 nitrogen and oxygen atoms in total. The van der Waals surface area contributed by atoms with Gasteiger partial charge in [0.1, 0.15) is 0 Å². The fourth-order valence-electron chi connectivity index (χ4n) is 1.34. The molecule has 0 aliphatic carbocycles. The lowest BCUT2D eigenvalue weighted by molar-refractivity contribution is 0.0960. The summed E-state index contributed by atoms with van der Waals surface area (Å²) in [5.41, 5.74) is 10.8. The van der Waals surface area contributed by atoms with Crippen molar-refractivity contribution in [1.82, 2.24) is 9.97 Å². The van der Waals surface area contributed by atoms with Crippen molar-refractivity contribution in [3.05, 3.63) is 35.7 Å². The minimum atomic E-state index is -0.827. The highest BCUT2D eigenvalue weighted by Crippen LogP contribution is 2.12. The number of aromatic nitrogens is 2. The van der Waals surface area contributed by atoms with Crippen LogP contribution < -0.4 is 11.5 Å². The first-order valence-electron chi connectivity index (χ1n) is 4.46. The van der Waals surface area contributed by atoms with E-state index in [1.807, 2.05) is 0 Å². The maximum absolute atomic E-state index is 11.1. The molecule has 1 aromatic carbocycles. The molecule has 1 aromatic heterocycles. The van der Waals surface area contributed by atoms with Gasteiger partial charge in [-0.1, -0.05) is 12.1 Å². The van der Waals surface area contributed by atoms with Crippen molar-refractivity contribution in [2.75, 3.05) is 0 Å². The summed E-state index contributed by atoms with van der Waals surface area (Å²) in [5, 5.41) is 0. The topological polar surface area (TPSA) is 112 Å². The van der Waals surface area contributed by atoms with Gasteiger partial charge in [-0.15, -0.1) is 0 Å². The van der Waals surface area contributed by atoms with Crippen LogP contribution in [-0.4, -0.2) is 21.8 Å². The van der Waals surface area contributed by atoms with Crippen molar-refractivity contribution < 1.29 is 9.59 Å². The van der Waals surface area contributed by atoms with Gasteiger partial charge >= 0.3 is 0 Å². The quantitative estimate of drug-likeness (QED) is 0.725. The van der Waals surface area contributed by atoms with E-state index in [-0.39, 0.29) is 11.4 Å². The van der Waals surface area contributed by atoms with Crippen molar-refractivity contribution in [2.24, 2.45) is 11.5 Å². The standard InChI is InChI=1S/C10H8N4O2/c11-9(15)7-8(10(12)16)14-6-4-2-1-3-5(6)13-7/h1-4H,(H2,11,15)(H2,12,16). The molecule has 16 heavy (non-hydrogen) atoms. The molecule has 0 unspecified atom stereocenters. The molecular formula is C10H8N4O2. The number of carbonyl (C=O) groups is 2. The van der Waals surface area contributed by atoms with E-state index in [1.54, 1.807) is 24.3 Å². The van der Waals surface area contributed by atoms with Crippen LogP contribution in [0.2, 0.25) is 0 Å². The van der Waals surface area contributed by atoms with Crippen LogP contribution in [0.3, 0.4) is 0 Å². The van der Waals surface area contributed by atoms with E-state index >= 15 is 0 Å². The molecule has 0 saturated carbocycles. The first-order valence-corrected chi connectivity index (χ1v) is 4.46. The van der Waals surface area contributed by atoms with Crippen LogP contribution in [0.15, 0.2) is 24.3 Å². The van der Waals surface area contributed by atoms with E-state index < -0.39 is 11.8 Å². The predicted octanol–water partition coefficient (Wildman–Crippen LogP) is -0.172. The average molecular weight is 216 g/mol. The Morgan fingerprint density at radius 1 is 0.875 bits per heavy atom. The van der Waals surface area contributed by atoms with Gasteiger partial charge in [0, 0.05) is 0 Å². The Labute approximate surface area is 90.3 Å². The molecule has 80 valence electrons. The lowest BCUT2D eigenvalue weighted by Crippen LogP contribution is -2.23. The van der Waals surface area contributed by atoms with Gasteiger partial charge in [0.2, 0.25) is 0 Å². The van der Waals surface area contributed by atoms with E-state index in [2.05, 4.69) is 9.97 Å². The highest BCUT2D eigenvalue weighted by Gasteiger charge is 2.17. The van der Waals surface area contributed by atoms with E-state index in [9.17, 15) is 9.59 Å². The van der Waals surface area contributed by atoms with Gasteiger partial charge in [-0.3, -0.25) is 9.59 Å². The molecule has 0 atom stereocenters. The number of hydrogen-bond donors (Lipinski definition) is 2. The molecule has 0 aliphatic heterocycles. The molecular weight excluding hydrogens is 208 g/mol. The largest absolute Gasteiger partial charge is 0.364 e. The van der Waals surface area contributed by atoms with Crippen LogP contribution in [-0.2, 0) is 0 Å². The molecule has 0 aliphatic rings. The van der Waals surface area contributed by atoms with E-state index in [1.165, 1.54) is 0 Å². The third-order valence-corrected chi connectivity index (χ3v) is 2.04. The highest BCUT2D eigenvalue weighted by atomic mass is 16.2. The SMILES string of the molecule is NC(=O)c1nc2ccccc2nc1C(N)=O. The Morgan fingerprint density at radius 2 is 1.25 bits per heavy atom. The number of fused-ring (bicyclic) bond motifs is 1. The number of primary amides is 2. The predicted molar refractivity (Wildman–Crippen MR) is 56.6 cm³/mol. The molecule has 6 heteroatoms. The third-order valence-electron chi connectivity index (χ3n) is 2.04. The Hall–Kier alpha value is -2.50. The van der Waals surface area contributed by atoms with Crippen molar-refractivity contribution >= 4 is 22.8 Å². The third kappa shape index (κ3) is 1.56. The summed E-state index contributed by atoms with van der Waals surface area (Å²) in [6.45, 7) is 0. The van der Waals surface area contributed by atoms with Crippen molar-refractivity contribution in [1.29, 1.82) is 0 Å². The van der Waals surface area contributed by atoms with Gasteiger partial charge in [0.05, 0.1) is 11.0 Å². The second-order valence-corrected chi connectivity index (χ2v) is 3.14. The van der Waals surface area contributed by atoms with E-state index in [0.717, 1.165) is 0 Å². The van der Waals surface area contributed by atoms with Crippen LogP contribution in [0.25, 0.3) is 11.0 Å². The second kappa shape index (κ2) is 3.58. The smallest absolute Gasteiger partial charge is 0.269 e. The molecule has 2 amide bonds. The maximum Gasteiger partial charge on any atom is 0.269 e. The fraction of sp³-hybridized carbons (Fsp3) is 0. The van der Waals surface area contributed by atoms with Crippen molar-refractivity contribution in [3.8, 4) is 0 Å². The Kier molecular flexibility index (Phi) is 2.24. The molecule has 2 rings (SSSR count). The summed E-state index contributed by atoms with van der Waals surface area (Å²) in [6.07, 6.45) is 0. The van der Waals surface area contributed by atoms with Crippen molar-refractivity contribution in [3.63, 3.8) is 0 Å². The average Bonchev–Trinajstić information content (AvgIpc) is 2.27. The zero-order valence-corrected chi connectivity index (χ0v) is 8.18. The number of hydrogen-bond acceptors (Lipinski definition) is 4. The van der Waals surface area contributed by atoms with Crippen LogP contribution in [0.4, 0.5) is 0 Å². The molecule has 4 N–H and O–H groups in total. The summed E-state index contributed by atoms with van der Waals surface area (Å²) in [5.74, 6) is -1.65. The van der Waals surface area contributed by atoms with Crippen LogP contribution in [0.5, 0.6) is 0 Å². The first kappa shape index (κ1) is 10.0. The lowest BCUT2D eigenvalue weighted by atomic mass is 10.2. The van der Waals surface area contributed by atoms with Gasteiger partial charge in [0.25, 0.3) is 11.8 Å². The normalized spacial score (nSPS) is 10.2. The molecule has 1 heterocycles. The van der Waals surface area contributed by atoms with Crippen molar-refractivity contribution in [2.45, 2.75) is 0 Å². The Balaban J connectivity index is 2.81. The summed E-state index contributed by atoms with van der Waals surface area (Å²) < 4.78 is 0. The molecule has 2 aromatic rings. The van der Waals surface area contributed by atoms with Gasteiger partial charge < -0.3 is 11.5 Å². The van der Waals surface area contributed by atoms with Crippen LogP contribution in [0.1, 0.15) is 21.0 Å². The van der Waals surface area contributed by atoms with Gasteiger partial charge in [-0.2, -0.15) is 0 Å². The summed E-state index contributed by atoms with van der Waals surface area (Å²) in [6, 6.07) is 6.82. The molecule has 0 bridgehead atoms. The molecule has 0 fully saturated rings. The zero-order valence-electron chi connectivity index (χ0n) is 8.18. The number of nitrogens with zero attached hydrogens (tertiary/aromatic N) is 2. The summed E-state index contributed by atoms with van der Waals surface area (Å²) >= 11 is 0. The van der Waals surface area contributed by atoms with Gasteiger partial charge in [-0.25, -0.2) is 9.97 Å². The Bertz CT molecular complexity index is 542. The summed E-state index contributed by atoms with van der Waals surface area (Å²) in [7, 11) is 0. The number of nitrogens with two attached hydrogens (primary N) is 2. The molecule has 0 saturated heterocycles. The highest BCUT2D eigenvalue weighted by molar-refractivity contribution is 6.04. The van der Waals surface area contributed by atoms with Gasteiger partial charge in [-0.05, 0) is 12.1 Å². The number of para-hydroxylation sites is 2. The molecule has 0 radical (unpaired) electrons. The maximum atomic E-state index is 11.1. The fourth-order valence-corrected chi connectivity index (χ4v) is 1.34. The number of carbonyl (C=O) groups excluding carboxylic acids is 2. The number of rotatable bonds is 2. The lowest BCUT2D eigenvalue weighted by Gasteiger charge is -2.03. The number of benzene rings is 1. The van der Waals surface area contributed by atoms with E-state index in [4.69, 9.17) is 11.5 Å². The minimum absolute atomic E-state index is 0.203. The Morgan fingerprint density at radius 3 is 1.56 bits per heavy atom. The zero-order chi connectivity index (χ0) is 11.7. The van der Waals surface area contributed by atoms with Gasteiger partial charge in [0.15, 0.2) is 11.4 Å². The number of amides is 2. The van der Waals surface area contributed by atoms with E-state index in [0.29, 0.717) is 11.0 Å². The monoisotopic (exact) mass is 216 g/mol. The summed E-state index contributed by atoms with van der Waals surface area (Å²) in [4.78, 5) is 30.1. The van der Waals surface area contributed by atoms with Crippen LogP contribution in [0, 0.1) is 0 Å². The first-order chi connectivity index (χ1) is 7.59. The molecule has 0 spiro atoms. The van der Waals surface area contributed by atoms with Crippen LogP contribution >= 0.6 is 0 Å².